The van der Waals surface area contributed by atoms with Crippen molar-refractivity contribution in [1.82, 2.24) is 0 Å². The Morgan fingerprint density at radius 1 is 0.800 bits per heavy atom. The first kappa shape index (κ1) is 12.9. The summed E-state index contributed by atoms with van der Waals surface area (Å²) in [7, 11) is -3.92. The molecule has 0 fully saturated rings. The van der Waals surface area contributed by atoms with E-state index in [-0.39, 0.29) is 16.4 Å². The van der Waals surface area contributed by atoms with Crippen molar-refractivity contribution in [2.45, 2.75) is 0 Å². The fourth-order valence-corrected chi connectivity index (χ4v) is 3.91. The van der Waals surface area contributed by atoms with Crippen molar-refractivity contribution in [2.24, 2.45) is 0 Å². The lowest BCUT2D eigenvalue weighted by atomic mass is 10.1. The summed E-state index contributed by atoms with van der Waals surface area (Å²) < 4.78 is 12.7. The Bertz CT molecular complexity index is 812. The zero-order valence-corrected chi connectivity index (χ0v) is 11.5. The number of hydrogen-bond acceptors (Lipinski definition) is 3. The second-order valence-electron chi connectivity index (χ2n) is 4.54. The molecule has 3 aromatic carbocycles. The third-order valence-electron chi connectivity index (χ3n) is 3.29. The summed E-state index contributed by atoms with van der Waals surface area (Å²) in [5.74, 6) is 0.0809. The molecule has 3 rings (SSSR count). The Hall–Kier alpha value is -2.09. The van der Waals surface area contributed by atoms with Crippen LogP contribution in [0.3, 0.4) is 0 Å². The van der Waals surface area contributed by atoms with Crippen LogP contribution in [-0.4, -0.2) is 5.11 Å². The lowest BCUT2D eigenvalue weighted by molar-refractivity contribution is -0.167. The summed E-state index contributed by atoms with van der Waals surface area (Å²) in [5, 5.41) is 11.4. The van der Waals surface area contributed by atoms with Gasteiger partial charge in [0.1, 0.15) is 5.75 Å². The number of rotatable bonds is 2. The topological polar surface area (TPSA) is 60.4 Å². The van der Waals surface area contributed by atoms with Gasteiger partial charge in [0.05, 0.1) is 7.37 Å². The summed E-state index contributed by atoms with van der Waals surface area (Å²) in [6, 6.07) is 18.1. The van der Waals surface area contributed by atoms with Gasteiger partial charge in [-0.25, -0.2) is 0 Å². The number of benzene rings is 3. The van der Waals surface area contributed by atoms with E-state index >= 15 is 0 Å². The van der Waals surface area contributed by atoms with E-state index in [1.807, 2.05) is 0 Å². The molecule has 1 unspecified atom stereocenters. The molecular weight excluding hydrogens is 271 g/mol. The smallest absolute Gasteiger partial charge is 0.123 e. The van der Waals surface area contributed by atoms with Gasteiger partial charge < -0.3 is 14.6 Å². The lowest BCUT2D eigenvalue weighted by Gasteiger charge is -2.25. The highest BCUT2D eigenvalue weighted by molar-refractivity contribution is 7.72. The minimum absolute atomic E-state index is 0.0809. The maximum Gasteiger partial charge on any atom is 0.123 e. The SMILES string of the molecule is O=P([O-])(c1ccccc1)c1ccc(O)c2ccccc12. The molecule has 0 aliphatic heterocycles. The molecule has 0 saturated heterocycles. The Labute approximate surface area is 116 Å². The highest BCUT2D eigenvalue weighted by Gasteiger charge is 2.17. The third-order valence-corrected chi connectivity index (χ3v) is 5.29. The van der Waals surface area contributed by atoms with E-state index < -0.39 is 7.37 Å². The van der Waals surface area contributed by atoms with E-state index in [2.05, 4.69) is 0 Å². The van der Waals surface area contributed by atoms with E-state index in [0.29, 0.717) is 10.8 Å². The monoisotopic (exact) mass is 283 g/mol. The highest BCUT2D eigenvalue weighted by Crippen LogP contribution is 2.37. The van der Waals surface area contributed by atoms with E-state index in [1.165, 1.54) is 12.1 Å². The van der Waals surface area contributed by atoms with Gasteiger partial charge in [0, 0.05) is 16.0 Å². The Morgan fingerprint density at radius 2 is 1.40 bits per heavy atom. The molecule has 0 spiro atoms. The fraction of sp³-hybridized carbons (Fsp3) is 0. The molecule has 1 N–H and O–H groups in total. The predicted octanol–water partition coefficient (Wildman–Crippen LogP) is 2.13. The number of phenols is 1. The second-order valence-corrected chi connectivity index (χ2v) is 6.64. The van der Waals surface area contributed by atoms with Crippen LogP contribution in [0.25, 0.3) is 10.8 Å². The van der Waals surface area contributed by atoms with Crippen LogP contribution >= 0.6 is 7.37 Å². The fourth-order valence-electron chi connectivity index (χ4n) is 2.29. The summed E-state index contributed by atoms with van der Waals surface area (Å²) in [6.45, 7) is 0. The Morgan fingerprint density at radius 3 is 2.10 bits per heavy atom. The van der Waals surface area contributed by atoms with Gasteiger partial charge in [-0.15, -0.1) is 0 Å². The summed E-state index contributed by atoms with van der Waals surface area (Å²) in [5.41, 5.74) is 0. The molecule has 0 aliphatic carbocycles. The molecule has 0 bridgehead atoms. The maximum absolute atomic E-state index is 12.7. The molecule has 3 aromatic rings. The van der Waals surface area contributed by atoms with Crippen molar-refractivity contribution in [3.8, 4) is 5.75 Å². The molecule has 0 aliphatic rings. The van der Waals surface area contributed by atoms with Gasteiger partial charge in [0.25, 0.3) is 0 Å². The summed E-state index contributed by atoms with van der Waals surface area (Å²) >= 11 is 0. The van der Waals surface area contributed by atoms with E-state index in [0.717, 1.165) is 0 Å². The van der Waals surface area contributed by atoms with Crippen LogP contribution in [-0.2, 0) is 4.57 Å². The van der Waals surface area contributed by atoms with Crippen molar-refractivity contribution < 1.29 is 14.6 Å². The molecule has 0 amide bonds. The summed E-state index contributed by atoms with van der Waals surface area (Å²) in [6.07, 6.45) is 0. The molecule has 20 heavy (non-hydrogen) atoms. The van der Waals surface area contributed by atoms with E-state index in [9.17, 15) is 14.6 Å². The van der Waals surface area contributed by atoms with Gasteiger partial charge in [0.2, 0.25) is 0 Å². The van der Waals surface area contributed by atoms with Gasteiger partial charge in [0.15, 0.2) is 0 Å². The molecule has 0 aromatic heterocycles. The van der Waals surface area contributed by atoms with Crippen molar-refractivity contribution >= 4 is 28.8 Å². The largest absolute Gasteiger partial charge is 0.793 e. The Balaban J connectivity index is 2.30. The van der Waals surface area contributed by atoms with Crippen LogP contribution in [0, 0.1) is 0 Å². The number of fused-ring (bicyclic) bond motifs is 1. The second kappa shape index (κ2) is 4.78. The van der Waals surface area contributed by atoms with Crippen molar-refractivity contribution in [2.75, 3.05) is 0 Å². The average Bonchev–Trinajstić information content (AvgIpc) is 2.48. The molecular formula is C16H12O3P-. The first-order valence-corrected chi connectivity index (χ1v) is 7.81. The third kappa shape index (κ3) is 2.01. The van der Waals surface area contributed by atoms with Gasteiger partial charge in [-0.2, -0.15) is 0 Å². The molecule has 0 heterocycles. The zero-order valence-electron chi connectivity index (χ0n) is 10.6. The molecule has 1 atom stereocenters. The van der Waals surface area contributed by atoms with Crippen LogP contribution in [0.5, 0.6) is 5.75 Å². The predicted molar refractivity (Wildman–Crippen MR) is 78.9 cm³/mol. The first-order chi connectivity index (χ1) is 9.60. The van der Waals surface area contributed by atoms with Gasteiger partial charge in [-0.1, -0.05) is 54.6 Å². The molecule has 4 heteroatoms. The van der Waals surface area contributed by atoms with Crippen LogP contribution < -0.4 is 15.5 Å². The van der Waals surface area contributed by atoms with Crippen LogP contribution in [0.2, 0.25) is 0 Å². The zero-order chi connectivity index (χ0) is 14.2. The maximum atomic E-state index is 12.7. The van der Waals surface area contributed by atoms with Crippen LogP contribution in [0.4, 0.5) is 0 Å². The lowest BCUT2D eigenvalue weighted by Crippen LogP contribution is -2.25. The number of aromatic hydroxyl groups is 1. The molecule has 0 saturated carbocycles. The van der Waals surface area contributed by atoms with Crippen molar-refractivity contribution in [1.29, 1.82) is 0 Å². The van der Waals surface area contributed by atoms with E-state index in [1.54, 1.807) is 54.6 Å². The first-order valence-electron chi connectivity index (χ1n) is 6.18. The Kier molecular flexibility index (Phi) is 3.09. The normalized spacial score (nSPS) is 14.1. The van der Waals surface area contributed by atoms with Crippen LogP contribution in [0.1, 0.15) is 0 Å². The molecule has 0 radical (unpaired) electrons. The minimum atomic E-state index is -3.92. The van der Waals surface area contributed by atoms with Crippen molar-refractivity contribution in [3.63, 3.8) is 0 Å². The average molecular weight is 283 g/mol. The quantitative estimate of drug-likeness (QED) is 0.733. The molecule has 3 nitrogen and oxygen atoms in total. The van der Waals surface area contributed by atoms with E-state index in [4.69, 9.17) is 0 Å². The van der Waals surface area contributed by atoms with Crippen LogP contribution in [0.15, 0.2) is 66.7 Å². The minimum Gasteiger partial charge on any atom is -0.793 e. The number of phenolic OH excluding ortho intramolecular Hbond substituents is 1. The molecule has 100 valence electrons. The standard InChI is InChI=1S/C16H13O3P/c17-15-10-11-16(14-9-5-4-8-13(14)15)20(18,19)12-6-2-1-3-7-12/h1-11,17H,(H,18,19)/p-1. The van der Waals surface area contributed by atoms with Gasteiger partial charge in [-0.05, 0) is 17.5 Å². The number of hydrogen-bond donors (Lipinski definition) is 1. The van der Waals surface area contributed by atoms with Gasteiger partial charge >= 0.3 is 0 Å². The summed E-state index contributed by atoms with van der Waals surface area (Å²) in [4.78, 5) is 12.7. The highest BCUT2D eigenvalue weighted by atomic mass is 31.2. The van der Waals surface area contributed by atoms with Crippen molar-refractivity contribution in [3.05, 3.63) is 66.7 Å². The van der Waals surface area contributed by atoms with Gasteiger partial charge in [-0.3, -0.25) is 0 Å².